The van der Waals surface area contributed by atoms with E-state index < -0.39 is 0 Å². The van der Waals surface area contributed by atoms with Gasteiger partial charge in [-0.25, -0.2) is 0 Å². The molecule has 2 aromatic rings. The molecule has 0 N–H and O–H groups in total. The molecule has 0 radical (unpaired) electrons. The van der Waals surface area contributed by atoms with Gasteiger partial charge in [-0.3, -0.25) is 4.79 Å². The molecule has 1 aliphatic heterocycles. The van der Waals surface area contributed by atoms with E-state index in [0.29, 0.717) is 35.9 Å². The van der Waals surface area contributed by atoms with Gasteiger partial charge in [0.1, 0.15) is 0 Å². The summed E-state index contributed by atoms with van der Waals surface area (Å²) in [7, 11) is 0. The maximum atomic E-state index is 12.3. The van der Waals surface area contributed by atoms with Crippen molar-refractivity contribution in [3.05, 3.63) is 47.1 Å². The van der Waals surface area contributed by atoms with Crippen LogP contribution in [0.4, 0.5) is 0 Å². The Bertz CT molecular complexity index is 739. The maximum absolute atomic E-state index is 12.3. The minimum atomic E-state index is -0.0723. The number of hydrogen-bond acceptors (Lipinski definition) is 5. The van der Waals surface area contributed by atoms with Crippen molar-refractivity contribution in [2.45, 2.75) is 25.7 Å². The van der Waals surface area contributed by atoms with Gasteiger partial charge in [0.15, 0.2) is 5.82 Å². The van der Waals surface area contributed by atoms with E-state index in [1.54, 1.807) is 29.2 Å². The highest BCUT2D eigenvalue weighted by atomic mass is 16.5. The van der Waals surface area contributed by atoms with Crippen LogP contribution in [-0.4, -0.2) is 34.0 Å². The van der Waals surface area contributed by atoms with Crippen molar-refractivity contribution in [2.75, 3.05) is 13.1 Å². The minimum absolute atomic E-state index is 0.0723. The predicted octanol–water partition coefficient (Wildman–Crippen LogP) is 2.30. The lowest BCUT2D eigenvalue weighted by molar-refractivity contribution is 0.0569. The summed E-state index contributed by atoms with van der Waals surface area (Å²) in [5, 5.41) is 12.8. The third-order valence-corrected chi connectivity index (χ3v) is 3.73. The Hall–Kier alpha value is -2.68. The van der Waals surface area contributed by atoms with Crippen LogP contribution in [-0.2, 0) is 0 Å². The highest BCUT2D eigenvalue weighted by Crippen LogP contribution is 2.28. The van der Waals surface area contributed by atoms with Crippen LogP contribution < -0.4 is 0 Å². The quantitative estimate of drug-likeness (QED) is 0.867. The van der Waals surface area contributed by atoms with E-state index in [4.69, 9.17) is 9.78 Å². The highest BCUT2D eigenvalue weighted by molar-refractivity contribution is 5.95. The number of likely N-dealkylation sites (tertiary alicyclic amines) is 1. The summed E-state index contributed by atoms with van der Waals surface area (Å²) in [4.78, 5) is 18.4. The van der Waals surface area contributed by atoms with Crippen molar-refractivity contribution in [3.8, 4) is 6.07 Å². The Kier molecular flexibility index (Phi) is 3.63. The topological polar surface area (TPSA) is 83.0 Å². The third-order valence-electron chi connectivity index (χ3n) is 3.73. The van der Waals surface area contributed by atoms with E-state index in [0.717, 1.165) is 0 Å². The summed E-state index contributed by atoms with van der Waals surface area (Å²) in [6, 6.07) is 8.77. The average molecular weight is 296 g/mol. The third kappa shape index (κ3) is 2.58. The monoisotopic (exact) mass is 296 g/mol. The van der Waals surface area contributed by atoms with Crippen molar-refractivity contribution < 1.29 is 9.32 Å². The molecule has 6 heteroatoms. The summed E-state index contributed by atoms with van der Waals surface area (Å²) in [5.74, 6) is 1.55. The molecule has 0 aliphatic carbocycles. The van der Waals surface area contributed by atoms with Gasteiger partial charge in [-0.1, -0.05) is 25.1 Å². The van der Waals surface area contributed by atoms with Crippen LogP contribution in [0.5, 0.6) is 0 Å². The van der Waals surface area contributed by atoms with Crippen molar-refractivity contribution >= 4 is 5.91 Å². The van der Waals surface area contributed by atoms with Gasteiger partial charge in [0.2, 0.25) is 5.89 Å². The first kappa shape index (κ1) is 14.3. The van der Waals surface area contributed by atoms with E-state index in [1.165, 1.54) is 0 Å². The number of rotatable bonds is 3. The van der Waals surface area contributed by atoms with Gasteiger partial charge in [0, 0.05) is 24.6 Å². The fourth-order valence-electron chi connectivity index (χ4n) is 2.35. The number of hydrogen-bond donors (Lipinski definition) is 0. The second-order valence-corrected chi connectivity index (χ2v) is 5.75. The molecule has 112 valence electrons. The second-order valence-electron chi connectivity index (χ2n) is 5.75. The maximum Gasteiger partial charge on any atom is 0.253 e. The van der Waals surface area contributed by atoms with E-state index in [9.17, 15) is 4.79 Å². The molecule has 1 saturated heterocycles. The van der Waals surface area contributed by atoms with E-state index in [1.807, 2.05) is 19.9 Å². The van der Waals surface area contributed by atoms with E-state index in [-0.39, 0.29) is 17.7 Å². The lowest BCUT2D eigenvalue weighted by atomic mass is 9.98. The molecule has 2 heterocycles. The first-order chi connectivity index (χ1) is 10.6. The van der Waals surface area contributed by atoms with Gasteiger partial charge in [0.05, 0.1) is 17.6 Å². The number of benzene rings is 1. The normalized spacial score (nSPS) is 14.7. The zero-order valence-corrected chi connectivity index (χ0v) is 12.5. The summed E-state index contributed by atoms with van der Waals surface area (Å²) >= 11 is 0. The van der Waals surface area contributed by atoms with Crippen molar-refractivity contribution in [1.82, 2.24) is 15.0 Å². The Morgan fingerprint density at radius 2 is 2.23 bits per heavy atom. The highest BCUT2D eigenvalue weighted by Gasteiger charge is 2.36. The molecule has 3 rings (SSSR count). The van der Waals surface area contributed by atoms with Crippen LogP contribution in [0, 0.1) is 11.3 Å². The number of aromatic nitrogens is 2. The van der Waals surface area contributed by atoms with Crippen LogP contribution >= 0.6 is 0 Å². The standard InChI is InChI=1S/C16H16N4O2/c1-10(2)14-18-15(22-19-14)13-8-20(9-13)16(21)12-5-3-4-11(6-12)7-17/h3-6,10,13H,8-9H2,1-2H3. The number of nitriles is 1. The number of amides is 1. The predicted molar refractivity (Wildman–Crippen MR) is 78.2 cm³/mol. The fraction of sp³-hybridized carbons (Fsp3) is 0.375. The summed E-state index contributed by atoms with van der Waals surface area (Å²) in [6.45, 7) is 5.14. The smallest absolute Gasteiger partial charge is 0.253 e. The SMILES string of the molecule is CC(C)c1noc(C2CN(C(=O)c3cccc(C#N)c3)C2)n1. The Balaban J connectivity index is 1.65. The fourth-order valence-corrected chi connectivity index (χ4v) is 2.35. The molecule has 1 fully saturated rings. The molecule has 1 aromatic carbocycles. The molecule has 0 unspecified atom stereocenters. The molecular weight excluding hydrogens is 280 g/mol. The number of carbonyl (C=O) groups is 1. The van der Waals surface area contributed by atoms with Gasteiger partial charge >= 0.3 is 0 Å². The molecule has 0 atom stereocenters. The first-order valence-corrected chi connectivity index (χ1v) is 7.21. The largest absolute Gasteiger partial charge is 0.339 e. The second kappa shape index (κ2) is 5.60. The van der Waals surface area contributed by atoms with Gasteiger partial charge in [-0.05, 0) is 18.2 Å². The van der Waals surface area contributed by atoms with Crippen molar-refractivity contribution in [2.24, 2.45) is 0 Å². The molecule has 1 aliphatic rings. The van der Waals surface area contributed by atoms with Crippen LogP contribution in [0.2, 0.25) is 0 Å². The Morgan fingerprint density at radius 1 is 1.45 bits per heavy atom. The van der Waals surface area contributed by atoms with Crippen LogP contribution in [0.15, 0.2) is 28.8 Å². The number of carbonyl (C=O) groups excluding carboxylic acids is 1. The summed E-state index contributed by atoms with van der Waals surface area (Å²) in [5.41, 5.74) is 1.02. The lowest BCUT2D eigenvalue weighted by Gasteiger charge is -2.37. The van der Waals surface area contributed by atoms with E-state index >= 15 is 0 Å². The van der Waals surface area contributed by atoms with Crippen molar-refractivity contribution in [1.29, 1.82) is 5.26 Å². The van der Waals surface area contributed by atoms with Crippen molar-refractivity contribution in [3.63, 3.8) is 0 Å². The zero-order valence-electron chi connectivity index (χ0n) is 12.5. The Morgan fingerprint density at radius 3 is 2.86 bits per heavy atom. The molecular formula is C16H16N4O2. The zero-order chi connectivity index (χ0) is 15.7. The van der Waals surface area contributed by atoms with Gasteiger partial charge in [0.25, 0.3) is 5.91 Å². The molecule has 6 nitrogen and oxygen atoms in total. The molecule has 1 amide bonds. The van der Waals surface area contributed by atoms with Gasteiger partial charge < -0.3 is 9.42 Å². The van der Waals surface area contributed by atoms with Crippen LogP contribution in [0.25, 0.3) is 0 Å². The molecule has 0 spiro atoms. The van der Waals surface area contributed by atoms with Crippen LogP contribution in [0.3, 0.4) is 0 Å². The summed E-state index contributed by atoms with van der Waals surface area (Å²) < 4.78 is 5.26. The molecule has 0 bridgehead atoms. The van der Waals surface area contributed by atoms with E-state index in [2.05, 4.69) is 10.1 Å². The van der Waals surface area contributed by atoms with Gasteiger partial charge in [-0.15, -0.1) is 0 Å². The molecule has 1 aromatic heterocycles. The lowest BCUT2D eigenvalue weighted by Crippen LogP contribution is -2.48. The summed E-state index contributed by atoms with van der Waals surface area (Å²) in [6.07, 6.45) is 0. The average Bonchev–Trinajstić information content (AvgIpc) is 2.95. The van der Waals surface area contributed by atoms with Gasteiger partial charge in [-0.2, -0.15) is 10.2 Å². The number of nitrogens with zero attached hydrogens (tertiary/aromatic N) is 4. The Labute approximate surface area is 128 Å². The first-order valence-electron chi connectivity index (χ1n) is 7.21. The minimum Gasteiger partial charge on any atom is -0.339 e. The molecule has 0 saturated carbocycles. The van der Waals surface area contributed by atoms with Crippen LogP contribution in [0.1, 0.15) is 53.3 Å². The molecule has 22 heavy (non-hydrogen) atoms.